The van der Waals surface area contributed by atoms with Crippen LogP contribution >= 0.6 is 0 Å². The predicted octanol–water partition coefficient (Wildman–Crippen LogP) is 3.90. The maximum atomic E-state index is 12.0. The van der Waals surface area contributed by atoms with Gasteiger partial charge in [-0.2, -0.15) is 0 Å². The van der Waals surface area contributed by atoms with Crippen molar-refractivity contribution in [3.63, 3.8) is 0 Å². The lowest BCUT2D eigenvalue weighted by atomic mass is 10.2. The minimum Gasteiger partial charge on any atom is -0.466 e. The highest BCUT2D eigenvalue weighted by molar-refractivity contribution is 6.99. The van der Waals surface area contributed by atoms with Gasteiger partial charge in [0, 0.05) is 0 Å². The van der Waals surface area contributed by atoms with Crippen LogP contribution in [0.3, 0.4) is 0 Å². The first kappa shape index (κ1) is 20.4. The smallest absolute Gasteiger partial charge is 0.308 e. The van der Waals surface area contributed by atoms with Gasteiger partial charge in [0.2, 0.25) is 0 Å². The topological polar surface area (TPSA) is 35.5 Å². The summed E-state index contributed by atoms with van der Waals surface area (Å²) < 4.78 is 12.0. The van der Waals surface area contributed by atoms with E-state index in [-0.39, 0.29) is 23.5 Å². The highest BCUT2D eigenvalue weighted by Gasteiger charge is 2.51. The molecule has 0 heterocycles. The van der Waals surface area contributed by atoms with Gasteiger partial charge in [-0.15, -0.1) is 0 Å². The lowest BCUT2D eigenvalue weighted by Gasteiger charge is -2.44. The molecule has 0 aliphatic heterocycles. The van der Waals surface area contributed by atoms with E-state index < -0.39 is 8.32 Å². The van der Waals surface area contributed by atoms with Crippen LogP contribution in [0, 0.1) is 0 Å². The summed E-state index contributed by atoms with van der Waals surface area (Å²) in [6, 6.07) is 20.9. The Kier molecular flexibility index (Phi) is 6.79. The van der Waals surface area contributed by atoms with Gasteiger partial charge in [0.1, 0.15) is 0 Å². The fraction of sp³-hybridized carbons (Fsp3) is 0.409. The molecule has 2 rings (SSSR count). The molecule has 0 aliphatic rings. The molecule has 0 aromatic heterocycles. The maximum absolute atomic E-state index is 12.0. The van der Waals surface area contributed by atoms with Crippen molar-refractivity contribution in [1.29, 1.82) is 0 Å². The Balaban J connectivity index is 2.52. The highest BCUT2D eigenvalue weighted by atomic mass is 28.4. The van der Waals surface area contributed by atoms with E-state index in [1.54, 1.807) is 0 Å². The molecule has 1 atom stereocenters. The molecule has 3 nitrogen and oxygen atoms in total. The summed E-state index contributed by atoms with van der Waals surface area (Å²) in [5, 5.41) is 2.34. The summed E-state index contributed by atoms with van der Waals surface area (Å²) in [5.41, 5.74) is 0. The summed E-state index contributed by atoms with van der Waals surface area (Å²) in [5.74, 6) is -0.210. The highest BCUT2D eigenvalue weighted by Crippen LogP contribution is 2.37. The Labute approximate surface area is 158 Å². The average Bonchev–Trinajstić information content (AvgIpc) is 2.60. The first-order valence-electron chi connectivity index (χ1n) is 9.25. The minimum atomic E-state index is -2.61. The second-order valence-electron chi connectivity index (χ2n) is 7.60. The van der Waals surface area contributed by atoms with Crippen LogP contribution in [0.5, 0.6) is 0 Å². The summed E-state index contributed by atoms with van der Waals surface area (Å²) in [6.45, 7) is 10.9. The average molecular weight is 371 g/mol. The number of carbonyl (C=O) groups excluding carboxylic acids is 1. The molecule has 26 heavy (non-hydrogen) atoms. The molecule has 0 aliphatic carbocycles. The third-order valence-corrected chi connectivity index (χ3v) is 9.72. The van der Waals surface area contributed by atoms with Gasteiger partial charge in [0.25, 0.3) is 8.32 Å². The van der Waals surface area contributed by atoms with Gasteiger partial charge in [0.05, 0.1) is 19.1 Å². The Morgan fingerprint density at radius 2 is 1.42 bits per heavy atom. The van der Waals surface area contributed by atoms with Crippen molar-refractivity contribution in [3.8, 4) is 0 Å². The SMILES string of the molecule is CCOC(=O)CC(C)O[Si](c1ccccc1)(c1ccccc1)C(C)(C)C. The van der Waals surface area contributed by atoms with E-state index in [9.17, 15) is 4.79 Å². The van der Waals surface area contributed by atoms with Crippen LogP contribution in [0.2, 0.25) is 5.04 Å². The summed E-state index contributed by atoms with van der Waals surface area (Å²) in [4.78, 5) is 12.0. The fourth-order valence-corrected chi connectivity index (χ4v) is 8.19. The quantitative estimate of drug-likeness (QED) is 0.548. The molecule has 2 aromatic carbocycles. The van der Waals surface area contributed by atoms with Crippen LogP contribution in [0.4, 0.5) is 0 Å². The van der Waals surface area contributed by atoms with Gasteiger partial charge in [0.15, 0.2) is 0 Å². The third-order valence-electron chi connectivity index (χ3n) is 4.55. The molecule has 2 aromatic rings. The molecule has 1 unspecified atom stereocenters. The molecular formula is C22H30O3Si. The lowest BCUT2D eigenvalue weighted by Crippen LogP contribution is -2.67. The Morgan fingerprint density at radius 1 is 0.962 bits per heavy atom. The van der Waals surface area contributed by atoms with E-state index in [1.165, 1.54) is 10.4 Å². The molecule has 0 spiro atoms. The van der Waals surface area contributed by atoms with E-state index in [4.69, 9.17) is 9.16 Å². The van der Waals surface area contributed by atoms with E-state index in [0.29, 0.717) is 6.61 Å². The molecule has 140 valence electrons. The number of ether oxygens (including phenoxy) is 1. The fourth-order valence-electron chi connectivity index (χ4n) is 3.49. The summed E-state index contributed by atoms with van der Waals surface area (Å²) in [6.07, 6.45) is 0.0403. The zero-order chi connectivity index (χ0) is 19.2. The molecule has 4 heteroatoms. The number of benzene rings is 2. The number of carbonyl (C=O) groups is 1. The van der Waals surface area contributed by atoms with Crippen molar-refractivity contribution < 1.29 is 14.0 Å². The van der Waals surface area contributed by atoms with Gasteiger partial charge in [-0.3, -0.25) is 4.79 Å². The van der Waals surface area contributed by atoms with E-state index in [1.807, 2.05) is 26.0 Å². The van der Waals surface area contributed by atoms with Gasteiger partial charge < -0.3 is 9.16 Å². The number of esters is 1. The van der Waals surface area contributed by atoms with Crippen molar-refractivity contribution in [2.24, 2.45) is 0 Å². The van der Waals surface area contributed by atoms with E-state index in [2.05, 4.69) is 69.3 Å². The molecule has 0 bridgehead atoms. The zero-order valence-electron chi connectivity index (χ0n) is 16.5. The molecule has 0 radical (unpaired) electrons. The number of rotatable bonds is 7. The van der Waals surface area contributed by atoms with Gasteiger partial charge in [-0.25, -0.2) is 0 Å². The summed E-state index contributed by atoms with van der Waals surface area (Å²) >= 11 is 0. The predicted molar refractivity (Wildman–Crippen MR) is 109 cm³/mol. The maximum Gasteiger partial charge on any atom is 0.308 e. The summed E-state index contributed by atoms with van der Waals surface area (Å²) in [7, 11) is -2.61. The molecule has 0 fully saturated rings. The van der Waals surface area contributed by atoms with Crippen LogP contribution in [0.15, 0.2) is 60.7 Å². The van der Waals surface area contributed by atoms with Crippen molar-refractivity contribution >= 4 is 24.7 Å². The van der Waals surface area contributed by atoms with Gasteiger partial charge in [-0.05, 0) is 29.3 Å². The normalized spacial score (nSPS) is 13.3. The minimum absolute atomic E-state index is 0.0986. The van der Waals surface area contributed by atoms with Gasteiger partial charge in [-0.1, -0.05) is 81.4 Å². The third kappa shape index (κ3) is 4.43. The van der Waals surface area contributed by atoms with Crippen molar-refractivity contribution in [3.05, 3.63) is 60.7 Å². The molecule has 0 saturated carbocycles. The molecular weight excluding hydrogens is 340 g/mol. The van der Waals surface area contributed by atoms with Gasteiger partial charge >= 0.3 is 5.97 Å². The van der Waals surface area contributed by atoms with Crippen LogP contribution in [-0.2, 0) is 14.0 Å². The molecule has 0 N–H and O–H groups in total. The van der Waals surface area contributed by atoms with Crippen LogP contribution < -0.4 is 10.4 Å². The molecule has 0 amide bonds. The Hall–Kier alpha value is -1.91. The van der Waals surface area contributed by atoms with Crippen LogP contribution in [0.25, 0.3) is 0 Å². The Morgan fingerprint density at radius 3 is 1.81 bits per heavy atom. The number of hydrogen-bond donors (Lipinski definition) is 0. The van der Waals surface area contributed by atoms with Crippen molar-refractivity contribution in [2.45, 2.75) is 52.2 Å². The van der Waals surface area contributed by atoms with E-state index in [0.717, 1.165) is 0 Å². The van der Waals surface area contributed by atoms with Crippen molar-refractivity contribution in [2.75, 3.05) is 6.61 Å². The van der Waals surface area contributed by atoms with E-state index >= 15 is 0 Å². The lowest BCUT2D eigenvalue weighted by molar-refractivity contribution is -0.144. The largest absolute Gasteiger partial charge is 0.466 e. The standard InChI is InChI=1S/C22H30O3Si/c1-6-24-21(23)17-18(2)25-26(22(3,4)5,19-13-9-7-10-14-19)20-15-11-8-12-16-20/h7-16,18H,6,17H2,1-5H3. The zero-order valence-corrected chi connectivity index (χ0v) is 17.5. The second kappa shape index (κ2) is 8.65. The number of hydrogen-bond acceptors (Lipinski definition) is 3. The second-order valence-corrected chi connectivity index (χ2v) is 11.9. The Bertz CT molecular complexity index is 653. The monoisotopic (exact) mass is 370 g/mol. The van der Waals surface area contributed by atoms with Crippen molar-refractivity contribution in [1.82, 2.24) is 0 Å². The first-order chi connectivity index (χ1) is 12.3. The molecule has 0 saturated heterocycles. The van der Waals surface area contributed by atoms with Crippen LogP contribution in [-0.4, -0.2) is 27.0 Å². The first-order valence-corrected chi connectivity index (χ1v) is 11.2. The van der Waals surface area contributed by atoms with Crippen LogP contribution in [0.1, 0.15) is 41.0 Å².